The summed E-state index contributed by atoms with van der Waals surface area (Å²) in [7, 11) is -1.39. The Morgan fingerprint density at radius 2 is 1.33 bits per heavy atom. The molecule has 1 rings (SSSR count). The van der Waals surface area contributed by atoms with Gasteiger partial charge in [-0.3, -0.25) is 19.7 Å². The lowest BCUT2D eigenvalue weighted by molar-refractivity contribution is -0.144. The van der Waals surface area contributed by atoms with Crippen LogP contribution in [0.1, 0.15) is 94.1 Å². The van der Waals surface area contributed by atoms with Crippen molar-refractivity contribution in [1.82, 2.24) is 16.0 Å². The van der Waals surface area contributed by atoms with Gasteiger partial charge < -0.3 is 30.2 Å². The number of rotatable bonds is 19. The van der Waals surface area contributed by atoms with E-state index in [1.807, 2.05) is 71.9 Å². The Hall–Kier alpha value is -2.47. The smallest absolute Gasteiger partial charge is 0.460 e. The van der Waals surface area contributed by atoms with Crippen LogP contribution in [0.3, 0.4) is 0 Å². The minimum atomic E-state index is -1.39. The fourth-order valence-corrected chi connectivity index (χ4v) is 4.29. The number of esters is 1. The van der Waals surface area contributed by atoms with E-state index in [-0.39, 0.29) is 30.9 Å². The molecule has 0 radical (unpaired) electrons. The number of nitrogens with one attached hydrogen (secondary N) is 3. The maximum atomic E-state index is 13.6. The monoisotopic (exact) mass is 605 g/mol. The third kappa shape index (κ3) is 14.7. The number of carbonyl (C=O) groups is 3. The summed E-state index contributed by atoms with van der Waals surface area (Å²) in [5.41, 5.74) is -1.48. The van der Waals surface area contributed by atoms with E-state index in [1.54, 1.807) is 27.7 Å². The highest BCUT2D eigenvalue weighted by Crippen LogP contribution is 2.26. The Balaban J connectivity index is 2.99. The Bertz CT molecular complexity index is 996. The molecule has 1 unspecified atom stereocenters. The molecule has 0 fully saturated rings. The van der Waals surface area contributed by atoms with Gasteiger partial charge in [0.1, 0.15) is 12.6 Å². The first-order valence-corrected chi connectivity index (χ1v) is 15.4. The Kier molecular flexibility index (Phi) is 15.9. The maximum Gasteiger partial charge on any atom is 0.478 e. The second-order valence-electron chi connectivity index (χ2n) is 13.7. The van der Waals surface area contributed by atoms with Gasteiger partial charge in [0.05, 0.1) is 29.7 Å². The summed E-state index contributed by atoms with van der Waals surface area (Å²) >= 11 is 0. The van der Waals surface area contributed by atoms with Crippen LogP contribution in [-0.4, -0.2) is 70.8 Å². The molecular formula is C32H56BN3O7. The third-order valence-electron chi connectivity index (χ3n) is 7.39. The van der Waals surface area contributed by atoms with E-state index in [4.69, 9.17) is 9.39 Å². The first-order valence-electron chi connectivity index (χ1n) is 15.4. The quantitative estimate of drug-likeness (QED) is 0.119. The molecule has 43 heavy (non-hydrogen) atoms. The van der Waals surface area contributed by atoms with Crippen LogP contribution >= 0.6 is 0 Å². The van der Waals surface area contributed by atoms with Gasteiger partial charge in [-0.25, -0.2) is 0 Å². The van der Waals surface area contributed by atoms with Crippen LogP contribution in [0, 0.1) is 17.8 Å². The maximum absolute atomic E-state index is 13.6. The largest absolute Gasteiger partial charge is 0.478 e. The lowest BCUT2D eigenvalue weighted by atomic mass is 9.72. The predicted octanol–water partition coefficient (Wildman–Crippen LogP) is 3.38. The summed E-state index contributed by atoms with van der Waals surface area (Å²) in [6.07, 6.45) is 1.23. The molecule has 0 bridgehead atoms. The van der Waals surface area contributed by atoms with Crippen molar-refractivity contribution in [2.24, 2.45) is 17.8 Å². The average Bonchev–Trinajstić information content (AvgIpc) is 2.87. The average molecular weight is 606 g/mol. The number of ether oxygens (including phenoxy) is 1. The molecule has 0 aliphatic rings. The van der Waals surface area contributed by atoms with Crippen LogP contribution < -0.4 is 16.0 Å². The van der Waals surface area contributed by atoms with Crippen LogP contribution in [0.2, 0.25) is 0 Å². The zero-order valence-electron chi connectivity index (χ0n) is 27.9. The standard InChI is InChI=1S/C32H56BN3O7/c1-21(2)16-25(34-19-28(37)42-20-24-14-12-11-13-15-24)29(38)35-26(17-22(3)4)30(39)36-27(18-23(5)6)33(41)43-32(9,10)31(7,8)40/h11-15,21-23,25-27,34,40-41H,16-20H2,1-10H3,(H,35,38)(H,36,39)/t25-,26-,27?/m0/s1. The first kappa shape index (κ1) is 38.6. The molecule has 0 aliphatic heterocycles. The summed E-state index contributed by atoms with van der Waals surface area (Å²) in [6, 6.07) is 7.74. The van der Waals surface area contributed by atoms with Crippen molar-refractivity contribution in [1.29, 1.82) is 0 Å². The summed E-state index contributed by atoms with van der Waals surface area (Å²) in [5.74, 6) is -1.76. The minimum absolute atomic E-state index is 0.0827. The van der Waals surface area contributed by atoms with Crippen molar-refractivity contribution in [3.63, 3.8) is 0 Å². The van der Waals surface area contributed by atoms with Crippen LogP contribution in [-0.2, 0) is 30.4 Å². The number of benzene rings is 1. The van der Waals surface area contributed by atoms with Crippen molar-refractivity contribution in [2.45, 2.75) is 124 Å². The Morgan fingerprint density at radius 3 is 1.84 bits per heavy atom. The molecule has 1 aromatic carbocycles. The van der Waals surface area contributed by atoms with Gasteiger partial charge in [-0.2, -0.15) is 0 Å². The molecule has 0 heterocycles. The number of aliphatic hydroxyl groups is 1. The topological polar surface area (TPSA) is 146 Å². The van der Waals surface area contributed by atoms with E-state index in [9.17, 15) is 24.5 Å². The van der Waals surface area contributed by atoms with Crippen LogP contribution in [0.15, 0.2) is 30.3 Å². The van der Waals surface area contributed by atoms with E-state index in [0.717, 1.165) is 5.56 Å². The molecule has 0 aromatic heterocycles. The molecular weight excluding hydrogens is 549 g/mol. The van der Waals surface area contributed by atoms with Crippen molar-refractivity contribution in [2.75, 3.05) is 6.54 Å². The van der Waals surface area contributed by atoms with E-state index >= 15 is 0 Å². The van der Waals surface area contributed by atoms with Gasteiger partial charge in [0.2, 0.25) is 11.8 Å². The van der Waals surface area contributed by atoms with Crippen LogP contribution in [0.4, 0.5) is 0 Å². The third-order valence-corrected chi connectivity index (χ3v) is 7.39. The molecule has 3 atom stereocenters. The fraction of sp³-hybridized carbons (Fsp3) is 0.719. The zero-order chi connectivity index (χ0) is 33.0. The van der Waals surface area contributed by atoms with Gasteiger partial charge in [0.25, 0.3) is 0 Å². The summed E-state index contributed by atoms with van der Waals surface area (Å²) in [4.78, 5) is 39.4. The van der Waals surface area contributed by atoms with Crippen LogP contribution in [0.5, 0.6) is 0 Å². The van der Waals surface area contributed by atoms with E-state index in [1.165, 1.54) is 0 Å². The van der Waals surface area contributed by atoms with E-state index < -0.39 is 54.1 Å². The summed E-state index contributed by atoms with van der Waals surface area (Å²) in [5, 5.41) is 30.3. The second-order valence-corrected chi connectivity index (χ2v) is 13.7. The molecule has 0 saturated heterocycles. The molecule has 11 heteroatoms. The van der Waals surface area contributed by atoms with Crippen molar-refractivity contribution in [3.8, 4) is 0 Å². The van der Waals surface area contributed by atoms with Crippen LogP contribution in [0.25, 0.3) is 0 Å². The normalized spacial score (nSPS) is 14.4. The van der Waals surface area contributed by atoms with Crippen molar-refractivity contribution < 1.29 is 33.9 Å². The van der Waals surface area contributed by atoms with Gasteiger partial charge in [-0.05, 0) is 70.3 Å². The Morgan fingerprint density at radius 1 is 0.814 bits per heavy atom. The highest BCUT2D eigenvalue weighted by atomic mass is 16.6. The molecule has 244 valence electrons. The fourth-order valence-electron chi connectivity index (χ4n) is 4.29. The Labute approximate surface area is 259 Å². The highest BCUT2D eigenvalue weighted by molar-refractivity contribution is 6.45. The van der Waals surface area contributed by atoms with Crippen molar-refractivity contribution in [3.05, 3.63) is 35.9 Å². The van der Waals surface area contributed by atoms with Gasteiger partial charge in [0, 0.05) is 0 Å². The first-order chi connectivity index (χ1) is 19.8. The molecule has 1 aromatic rings. The van der Waals surface area contributed by atoms with Gasteiger partial charge in [-0.1, -0.05) is 71.9 Å². The molecule has 5 N–H and O–H groups in total. The van der Waals surface area contributed by atoms with Gasteiger partial charge in [-0.15, -0.1) is 0 Å². The zero-order valence-corrected chi connectivity index (χ0v) is 27.9. The van der Waals surface area contributed by atoms with E-state index in [2.05, 4.69) is 16.0 Å². The summed E-state index contributed by atoms with van der Waals surface area (Å²) in [6.45, 7) is 18.3. The molecule has 0 aliphatic carbocycles. The molecule has 0 saturated carbocycles. The molecule has 0 spiro atoms. The minimum Gasteiger partial charge on any atom is -0.460 e. The predicted molar refractivity (Wildman–Crippen MR) is 170 cm³/mol. The van der Waals surface area contributed by atoms with Gasteiger partial charge in [0.15, 0.2) is 0 Å². The van der Waals surface area contributed by atoms with E-state index in [0.29, 0.717) is 19.3 Å². The number of amides is 2. The number of hydrogen-bond acceptors (Lipinski definition) is 8. The molecule has 10 nitrogen and oxygen atoms in total. The number of hydrogen-bond donors (Lipinski definition) is 5. The second kappa shape index (κ2) is 17.7. The highest BCUT2D eigenvalue weighted by Gasteiger charge is 2.42. The van der Waals surface area contributed by atoms with Gasteiger partial charge >= 0.3 is 13.1 Å². The molecule has 2 amide bonds. The lowest BCUT2D eigenvalue weighted by Crippen LogP contribution is -2.60. The lowest BCUT2D eigenvalue weighted by Gasteiger charge is -2.40. The number of carbonyl (C=O) groups excluding carboxylic acids is 3. The summed E-state index contributed by atoms with van der Waals surface area (Å²) < 4.78 is 11.2. The SMILES string of the molecule is CC(C)CC(NC(=O)[C@H](CC(C)C)NC(=O)[C@H](CC(C)C)NCC(=O)OCc1ccccc1)B(O)OC(C)(C)C(C)(C)O. The van der Waals surface area contributed by atoms with Crippen molar-refractivity contribution >= 4 is 24.9 Å².